The highest BCUT2D eigenvalue weighted by Gasteiger charge is 2.29. The molecular weight excluding hydrogens is 204 g/mol. The minimum absolute atomic E-state index is 0.144. The molecule has 0 radical (unpaired) electrons. The van der Waals surface area contributed by atoms with E-state index in [9.17, 15) is 4.79 Å². The van der Waals surface area contributed by atoms with Crippen molar-refractivity contribution in [1.82, 2.24) is 0 Å². The van der Waals surface area contributed by atoms with Gasteiger partial charge in [-0.1, -0.05) is 37.3 Å². The van der Waals surface area contributed by atoms with Crippen molar-refractivity contribution in [2.45, 2.75) is 25.4 Å². The van der Waals surface area contributed by atoms with Gasteiger partial charge >= 0.3 is 5.97 Å². The van der Waals surface area contributed by atoms with E-state index in [2.05, 4.69) is 0 Å². The van der Waals surface area contributed by atoms with Gasteiger partial charge in [-0.15, -0.1) is 0 Å². The maximum absolute atomic E-state index is 11.8. The molecule has 1 aromatic rings. The quantitative estimate of drug-likeness (QED) is 0.717. The molecule has 0 fully saturated rings. The molecule has 0 aliphatic rings. The summed E-state index contributed by atoms with van der Waals surface area (Å²) < 4.78 is 10.2. The number of ether oxygens (including phenoxy) is 2. The second-order valence-electron chi connectivity index (χ2n) is 3.59. The molecule has 0 aliphatic heterocycles. The van der Waals surface area contributed by atoms with Crippen molar-refractivity contribution in [1.29, 1.82) is 0 Å². The highest BCUT2D eigenvalue weighted by molar-refractivity contribution is 5.78. The van der Waals surface area contributed by atoms with Crippen molar-refractivity contribution in [2.24, 2.45) is 0 Å². The van der Waals surface area contributed by atoms with E-state index in [0.29, 0.717) is 0 Å². The minimum atomic E-state index is -0.346. The standard InChI is InChI=1S/C13H18O3/c1-4-11(15-2)12(13(14)16-3)10-8-6-5-7-9-10/h5-9,11-12H,4H2,1-3H3. The van der Waals surface area contributed by atoms with Gasteiger partial charge in [-0.3, -0.25) is 4.79 Å². The smallest absolute Gasteiger partial charge is 0.315 e. The number of esters is 1. The lowest BCUT2D eigenvalue weighted by Gasteiger charge is -2.23. The molecule has 1 aromatic carbocycles. The zero-order valence-electron chi connectivity index (χ0n) is 9.97. The first-order valence-corrected chi connectivity index (χ1v) is 5.40. The highest BCUT2D eigenvalue weighted by atomic mass is 16.5. The fourth-order valence-corrected chi connectivity index (χ4v) is 1.83. The van der Waals surface area contributed by atoms with Crippen molar-refractivity contribution >= 4 is 5.97 Å². The van der Waals surface area contributed by atoms with Crippen molar-refractivity contribution < 1.29 is 14.3 Å². The molecule has 0 heterocycles. The summed E-state index contributed by atoms with van der Waals surface area (Å²) in [6.45, 7) is 1.99. The van der Waals surface area contributed by atoms with Crippen LogP contribution >= 0.6 is 0 Å². The number of methoxy groups -OCH3 is 2. The Bertz CT molecular complexity index is 317. The summed E-state index contributed by atoms with van der Waals surface area (Å²) in [4.78, 5) is 11.8. The Morgan fingerprint density at radius 2 is 1.88 bits per heavy atom. The summed E-state index contributed by atoms with van der Waals surface area (Å²) >= 11 is 0. The van der Waals surface area contributed by atoms with Crippen molar-refractivity contribution in [2.75, 3.05) is 14.2 Å². The summed E-state index contributed by atoms with van der Waals surface area (Å²) in [7, 11) is 3.02. The lowest BCUT2D eigenvalue weighted by Crippen LogP contribution is -2.28. The topological polar surface area (TPSA) is 35.5 Å². The lowest BCUT2D eigenvalue weighted by atomic mass is 9.92. The van der Waals surface area contributed by atoms with Gasteiger partial charge in [0.25, 0.3) is 0 Å². The van der Waals surface area contributed by atoms with Gasteiger partial charge in [0.05, 0.1) is 13.2 Å². The molecule has 3 heteroatoms. The van der Waals surface area contributed by atoms with Gasteiger partial charge in [0.15, 0.2) is 0 Å². The molecule has 2 atom stereocenters. The van der Waals surface area contributed by atoms with Crippen LogP contribution in [0.1, 0.15) is 24.8 Å². The number of hydrogen-bond donors (Lipinski definition) is 0. The fourth-order valence-electron chi connectivity index (χ4n) is 1.83. The van der Waals surface area contributed by atoms with Crippen molar-refractivity contribution in [3.63, 3.8) is 0 Å². The third kappa shape index (κ3) is 2.83. The van der Waals surface area contributed by atoms with E-state index in [0.717, 1.165) is 12.0 Å². The van der Waals surface area contributed by atoms with Gasteiger partial charge in [0.1, 0.15) is 5.92 Å². The molecule has 3 nitrogen and oxygen atoms in total. The Morgan fingerprint density at radius 3 is 2.31 bits per heavy atom. The van der Waals surface area contributed by atoms with Crippen LogP contribution in [-0.2, 0) is 14.3 Å². The molecule has 0 aromatic heterocycles. The zero-order valence-corrected chi connectivity index (χ0v) is 9.97. The first-order valence-electron chi connectivity index (χ1n) is 5.40. The monoisotopic (exact) mass is 222 g/mol. The second-order valence-corrected chi connectivity index (χ2v) is 3.59. The predicted molar refractivity (Wildman–Crippen MR) is 62.3 cm³/mol. The van der Waals surface area contributed by atoms with Gasteiger partial charge in [-0.2, -0.15) is 0 Å². The normalized spacial score (nSPS) is 14.2. The van der Waals surface area contributed by atoms with Gasteiger partial charge in [-0.05, 0) is 12.0 Å². The molecule has 2 unspecified atom stereocenters. The molecule has 0 saturated heterocycles. The Labute approximate surface area is 96.4 Å². The van der Waals surface area contributed by atoms with Crippen LogP contribution in [0.5, 0.6) is 0 Å². The number of carbonyl (C=O) groups excluding carboxylic acids is 1. The molecule has 0 N–H and O–H groups in total. The van der Waals surface area contributed by atoms with Crippen LogP contribution in [-0.4, -0.2) is 26.3 Å². The van der Waals surface area contributed by atoms with Gasteiger partial charge < -0.3 is 9.47 Å². The van der Waals surface area contributed by atoms with Crippen LogP contribution in [0.15, 0.2) is 30.3 Å². The second kappa shape index (κ2) is 6.28. The lowest BCUT2D eigenvalue weighted by molar-refractivity contribution is -0.146. The third-order valence-electron chi connectivity index (χ3n) is 2.69. The molecule has 1 rings (SSSR count). The van der Waals surface area contributed by atoms with E-state index in [1.54, 1.807) is 7.11 Å². The van der Waals surface area contributed by atoms with E-state index < -0.39 is 0 Å². The molecule has 16 heavy (non-hydrogen) atoms. The number of benzene rings is 1. The van der Waals surface area contributed by atoms with Crippen LogP contribution in [0.2, 0.25) is 0 Å². The number of hydrogen-bond acceptors (Lipinski definition) is 3. The molecule has 0 aliphatic carbocycles. The Morgan fingerprint density at radius 1 is 1.25 bits per heavy atom. The Kier molecular flexibility index (Phi) is 4.99. The molecule has 0 bridgehead atoms. The number of carbonyl (C=O) groups is 1. The number of rotatable bonds is 5. The summed E-state index contributed by atoms with van der Waals surface area (Å²) in [5.74, 6) is -0.596. The third-order valence-corrected chi connectivity index (χ3v) is 2.69. The predicted octanol–water partition coefficient (Wildman–Crippen LogP) is 2.37. The molecule has 0 spiro atoms. The molecule has 0 amide bonds. The zero-order chi connectivity index (χ0) is 12.0. The van der Waals surface area contributed by atoms with E-state index in [1.807, 2.05) is 37.3 Å². The first kappa shape index (κ1) is 12.7. The van der Waals surface area contributed by atoms with E-state index in [-0.39, 0.29) is 18.0 Å². The molecule has 88 valence electrons. The average molecular weight is 222 g/mol. The summed E-state index contributed by atoms with van der Waals surface area (Å²) in [6, 6.07) is 9.58. The minimum Gasteiger partial charge on any atom is -0.468 e. The van der Waals surface area contributed by atoms with Crippen LogP contribution < -0.4 is 0 Å². The summed E-state index contributed by atoms with van der Waals surface area (Å²) in [5.41, 5.74) is 0.933. The van der Waals surface area contributed by atoms with E-state index >= 15 is 0 Å². The van der Waals surface area contributed by atoms with Crippen LogP contribution in [0.3, 0.4) is 0 Å². The molecular formula is C13H18O3. The highest BCUT2D eigenvalue weighted by Crippen LogP contribution is 2.25. The summed E-state index contributed by atoms with van der Waals surface area (Å²) in [5, 5.41) is 0. The van der Waals surface area contributed by atoms with Crippen LogP contribution in [0, 0.1) is 0 Å². The van der Waals surface area contributed by atoms with Gasteiger partial charge in [0.2, 0.25) is 0 Å². The van der Waals surface area contributed by atoms with Gasteiger partial charge in [0, 0.05) is 7.11 Å². The average Bonchev–Trinajstić information content (AvgIpc) is 2.36. The van der Waals surface area contributed by atoms with Gasteiger partial charge in [-0.25, -0.2) is 0 Å². The van der Waals surface area contributed by atoms with E-state index in [4.69, 9.17) is 9.47 Å². The van der Waals surface area contributed by atoms with Crippen molar-refractivity contribution in [3.05, 3.63) is 35.9 Å². The first-order chi connectivity index (χ1) is 7.74. The Hall–Kier alpha value is -1.35. The van der Waals surface area contributed by atoms with Crippen molar-refractivity contribution in [3.8, 4) is 0 Å². The van der Waals surface area contributed by atoms with Crippen LogP contribution in [0.4, 0.5) is 0 Å². The van der Waals surface area contributed by atoms with Crippen LogP contribution in [0.25, 0.3) is 0 Å². The SMILES string of the molecule is CCC(OC)C(C(=O)OC)c1ccccc1. The van der Waals surface area contributed by atoms with E-state index in [1.165, 1.54) is 7.11 Å². The maximum atomic E-state index is 11.8. The molecule has 0 saturated carbocycles. The largest absolute Gasteiger partial charge is 0.468 e. The maximum Gasteiger partial charge on any atom is 0.315 e. The summed E-state index contributed by atoms with van der Waals surface area (Å²) in [6.07, 6.45) is 0.625. The fraction of sp³-hybridized carbons (Fsp3) is 0.462. The Balaban J connectivity index is 3.00.